The Morgan fingerprint density at radius 1 is 1.50 bits per heavy atom. The molecule has 2 rings (SSSR count). The van der Waals surface area contributed by atoms with Crippen LogP contribution in [0.4, 0.5) is 5.69 Å². The molecule has 88 valence electrons. The van der Waals surface area contributed by atoms with Gasteiger partial charge in [0.05, 0.1) is 5.69 Å². The van der Waals surface area contributed by atoms with E-state index in [1.54, 1.807) is 0 Å². The number of anilines is 1. The predicted octanol–water partition coefficient (Wildman–Crippen LogP) is 0.681. The van der Waals surface area contributed by atoms with Gasteiger partial charge < -0.3 is 15.5 Å². The molecule has 2 heterocycles. The summed E-state index contributed by atoms with van der Waals surface area (Å²) in [7, 11) is 2.18. The molecular weight excluding hydrogens is 200 g/mol. The third kappa shape index (κ3) is 2.33. The lowest BCUT2D eigenvalue weighted by atomic mass is 10.2. The summed E-state index contributed by atoms with van der Waals surface area (Å²) in [6, 6.07) is 4.76. The first-order valence-electron chi connectivity index (χ1n) is 5.81. The lowest BCUT2D eigenvalue weighted by Gasteiger charge is -2.39. The lowest BCUT2D eigenvalue weighted by molar-refractivity contribution is 0.234. The fourth-order valence-electron chi connectivity index (χ4n) is 2.06. The van der Waals surface area contributed by atoms with E-state index in [4.69, 9.17) is 5.73 Å². The predicted molar refractivity (Wildman–Crippen MR) is 66.4 cm³/mol. The summed E-state index contributed by atoms with van der Waals surface area (Å²) in [5.74, 6) is 0. The molecule has 2 N–H and O–H groups in total. The van der Waals surface area contributed by atoms with Crippen molar-refractivity contribution in [2.45, 2.75) is 19.5 Å². The van der Waals surface area contributed by atoms with Crippen LogP contribution in [0, 0.1) is 0 Å². The normalized spacial score (nSPS) is 22.4. The minimum Gasteiger partial charge on any atom is -0.369 e. The van der Waals surface area contributed by atoms with Crippen LogP contribution in [0.25, 0.3) is 0 Å². The van der Waals surface area contributed by atoms with Gasteiger partial charge in [-0.15, -0.1) is 0 Å². The first kappa shape index (κ1) is 11.4. The lowest BCUT2D eigenvalue weighted by Crippen LogP contribution is -2.50. The Morgan fingerprint density at radius 3 is 3.00 bits per heavy atom. The van der Waals surface area contributed by atoms with Gasteiger partial charge in [-0.3, -0.25) is 4.98 Å². The van der Waals surface area contributed by atoms with E-state index >= 15 is 0 Å². The van der Waals surface area contributed by atoms with Gasteiger partial charge in [0.15, 0.2) is 0 Å². The van der Waals surface area contributed by atoms with E-state index in [9.17, 15) is 0 Å². The molecule has 0 bridgehead atoms. The molecule has 1 aromatic rings. The molecule has 1 aromatic heterocycles. The van der Waals surface area contributed by atoms with Gasteiger partial charge in [0, 0.05) is 44.1 Å². The number of hydrogen-bond acceptors (Lipinski definition) is 4. The molecule has 0 amide bonds. The van der Waals surface area contributed by atoms with Crippen LogP contribution in [-0.2, 0) is 6.54 Å². The van der Waals surface area contributed by atoms with Crippen LogP contribution in [0.1, 0.15) is 12.6 Å². The van der Waals surface area contributed by atoms with Crippen molar-refractivity contribution in [1.82, 2.24) is 9.88 Å². The number of aromatic nitrogens is 1. The van der Waals surface area contributed by atoms with Gasteiger partial charge in [-0.25, -0.2) is 0 Å². The summed E-state index contributed by atoms with van der Waals surface area (Å²) >= 11 is 0. The van der Waals surface area contributed by atoms with Crippen molar-refractivity contribution in [2.24, 2.45) is 5.73 Å². The summed E-state index contributed by atoms with van der Waals surface area (Å²) in [5, 5.41) is 0. The van der Waals surface area contributed by atoms with Crippen molar-refractivity contribution >= 4 is 5.69 Å². The van der Waals surface area contributed by atoms with Crippen molar-refractivity contribution in [3.05, 3.63) is 24.0 Å². The van der Waals surface area contributed by atoms with Crippen molar-refractivity contribution in [3.63, 3.8) is 0 Å². The van der Waals surface area contributed by atoms with Gasteiger partial charge in [0.25, 0.3) is 0 Å². The van der Waals surface area contributed by atoms with Crippen LogP contribution >= 0.6 is 0 Å². The standard InChI is InChI=1S/C12H20N4/c1-10-9-16(6-5-15(10)2)12-3-4-14-11(7-12)8-13/h3-4,7,10H,5-6,8-9,13H2,1-2H3. The maximum Gasteiger partial charge on any atom is 0.0560 e. The van der Waals surface area contributed by atoms with E-state index in [2.05, 4.69) is 40.9 Å². The zero-order chi connectivity index (χ0) is 11.5. The van der Waals surface area contributed by atoms with Gasteiger partial charge >= 0.3 is 0 Å². The Hall–Kier alpha value is -1.13. The summed E-state index contributed by atoms with van der Waals surface area (Å²) in [5.41, 5.74) is 7.82. The zero-order valence-electron chi connectivity index (χ0n) is 10.1. The first-order valence-corrected chi connectivity index (χ1v) is 5.81. The number of nitrogens with two attached hydrogens (primary N) is 1. The number of likely N-dealkylation sites (N-methyl/N-ethyl adjacent to an activating group) is 1. The highest BCUT2D eigenvalue weighted by Gasteiger charge is 2.20. The maximum atomic E-state index is 5.61. The Morgan fingerprint density at radius 2 is 2.31 bits per heavy atom. The Labute approximate surface area is 97.1 Å². The van der Waals surface area contributed by atoms with E-state index < -0.39 is 0 Å². The average Bonchev–Trinajstić information content (AvgIpc) is 2.33. The van der Waals surface area contributed by atoms with Gasteiger partial charge in [-0.1, -0.05) is 0 Å². The zero-order valence-corrected chi connectivity index (χ0v) is 10.1. The van der Waals surface area contributed by atoms with E-state index in [0.717, 1.165) is 25.3 Å². The fourth-order valence-corrected chi connectivity index (χ4v) is 2.06. The third-order valence-corrected chi connectivity index (χ3v) is 3.33. The summed E-state index contributed by atoms with van der Waals surface area (Å²) in [6.07, 6.45) is 1.85. The molecule has 1 atom stereocenters. The number of nitrogens with zero attached hydrogens (tertiary/aromatic N) is 3. The second kappa shape index (κ2) is 4.80. The number of hydrogen-bond donors (Lipinski definition) is 1. The monoisotopic (exact) mass is 220 g/mol. The fraction of sp³-hybridized carbons (Fsp3) is 0.583. The van der Waals surface area contributed by atoms with Gasteiger partial charge in [0.1, 0.15) is 0 Å². The second-order valence-corrected chi connectivity index (χ2v) is 4.49. The highest BCUT2D eigenvalue weighted by molar-refractivity contribution is 5.47. The molecule has 0 radical (unpaired) electrons. The van der Waals surface area contributed by atoms with Crippen molar-refractivity contribution in [2.75, 3.05) is 31.6 Å². The van der Waals surface area contributed by atoms with Gasteiger partial charge in [-0.05, 0) is 26.1 Å². The molecular formula is C12H20N4. The molecule has 4 heteroatoms. The minimum absolute atomic E-state index is 0.511. The first-order chi connectivity index (χ1) is 7.70. The summed E-state index contributed by atoms with van der Waals surface area (Å²) in [6.45, 7) is 6.04. The van der Waals surface area contributed by atoms with E-state index in [1.807, 2.05) is 6.20 Å². The highest BCUT2D eigenvalue weighted by atomic mass is 15.3. The summed E-state index contributed by atoms with van der Waals surface area (Å²) in [4.78, 5) is 9.02. The number of rotatable bonds is 2. The molecule has 4 nitrogen and oxygen atoms in total. The Kier molecular flexibility index (Phi) is 3.41. The van der Waals surface area contributed by atoms with Gasteiger partial charge in [0.2, 0.25) is 0 Å². The molecule has 0 aliphatic carbocycles. The molecule has 1 aliphatic rings. The molecule has 0 aromatic carbocycles. The highest BCUT2D eigenvalue weighted by Crippen LogP contribution is 2.18. The van der Waals surface area contributed by atoms with Crippen molar-refractivity contribution in [1.29, 1.82) is 0 Å². The Bertz CT molecular complexity index is 353. The smallest absolute Gasteiger partial charge is 0.0560 e. The summed E-state index contributed by atoms with van der Waals surface area (Å²) < 4.78 is 0. The van der Waals surface area contributed by atoms with Crippen LogP contribution in [0.15, 0.2) is 18.3 Å². The molecule has 0 spiro atoms. The third-order valence-electron chi connectivity index (χ3n) is 3.33. The minimum atomic E-state index is 0.511. The molecule has 0 saturated carbocycles. The van der Waals surface area contributed by atoms with Crippen LogP contribution in [-0.4, -0.2) is 42.6 Å². The number of piperazine rings is 1. The quantitative estimate of drug-likeness (QED) is 0.796. The topological polar surface area (TPSA) is 45.4 Å². The number of pyridine rings is 1. The van der Waals surface area contributed by atoms with Crippen molar-refractivity contribution < 1.29 is 0 Å². The van der Waals surface area contributed by atoms with Gasteiger partial charge in [-0.2, -0.15) is 0 Å². The average molecular weight is 220 g/mol. The van der Waals surface area contributed by atoms with Crippen LogP contribution in [0.5, 0.6) is 0 Å². The maximum absolute atomic E-state index is 5.61. The molecule has 1 aliphatic heterocycles. The molecule has 1 fully saturated rings. The van der Waals surface area contributed by atoms with E-state index in [1.165, 1.54) is 5.69 Å². The van der Waals surface area contributed by atoms with E-state index in [0.29, 0.717) is 12.6 Å². The second-order valence-electron chi connectivity index (χ2n) is 4.49. The molecule has 1 saturated heterocycles. The van der Waals surface area contributed by atoms with Crippen LogP contribution in [0.2, 0.25) is 0 Å². The van der Waals surface area contributed by atoms with Crippen LogP contribution in [0.3, 0.4) is 0 Å². The Balaban J connectivity index is 2.12. The van der Waals surface area contributed by atoms with Crippen molar-refractivity contribution in [3.8, 4) is 0 Å². The van der Waals surface area contributed by atoms with E-state index in [-0.39, 0.29) is 0 Å². The largest absolute Gasteiger partial charge is 0.369 e. The molecule has 1 unspecified atom stereocenters. The van der Waals surface area contributed by atoms with Crippen LogP contribution < -0.4 is 10.6 Å². The molecule has 16 heavy (non-hydrogen) atoms. The SMILES string of the molecule is CC1CN(c2ccnc(CN)c2)CCN1C.